The Bertz CT molecular complexity index is 2080. The molecule has 1 fully saturated rings. The zero-order valence-corrected chi connectivity index (χ0v) is 28.2. The molecule has 0 spiro atoms. The molecule has 0 amide bonds. The highest BCUT2D eigenvalue weighted by atomic mass is 19.2. The molecule has 0 saturated carbocycles. The molecule has 10 nitrogen and oxygen atoms in total. The van der Waals surface area contributed by atoms with Crippen LogP contribution in [0.25, 0.3) is 17.0 Å². The monoisotopic (exact) mass is 682 g/mol. The highest BCUT2D eigenvalue weighted by molar-refractivity contribution is 5.97. The van der Waals surface area contributed by atoms with E-state index >= 15 is 0 Å². The number of anilines is 1. The summed E-state index contributed by atoms with van der Waals surface area (Å²) in [7, 11) is 1.66. The molecule has 0 atom stereocenters. The molecule has 1 aliphatic heterocycles. The summed E-state index contributed by atoms with van der Waals surface area (Å²) in [4.78, 5) is 38.2. The van der Waals surface area contributed by atoms with Crippen molar-refractivity contribution in [3.05, 3.63) is 123 Å². The van der Waals surface area contributed by atoms with Gasteiger partial charge in [-0.25, -0.2) is 23.4 Å². The van der Waals surface area contributed by atoms with Crippen molar-refractivity contribution >= 4 is 28.4 Å². The molecule has 12 heteroatoms. The van der Waals surface area contributed by atoms with Crippen molar-refractivity contribution in [2.45, 2.75) is 32.7 Å². The zero-order valence-electron chi connectivity index (χ0n) is 28.2. The van der Waals surface area contributed by atoms with E-state index in [-0.39, 0.29) is 24.3 Å². The highest BCUT2D eigenvalue weighted by Crippen LogP contribution is 2.28. The lowest BCUT2D eigenvalue weighted by Crippen LogP contribution is -2.36. The number of hydrogen-bond donors (Lipinski definition) is 1. The first-order chi connectivity index (χ1) is 24.2. The normalized spacial score (nSPS) is 13.4. The van der Waals surface area contributed by atoms with E-state index in [0.29, 0.717) is 54.3 Å². The van der Waals surface area contributed by atoms with Crippen molar-refractivity contribution in [2.24, 2.45) is 12.8 Å². The number of ketones is 1. The van der Waals surface area contributed by atoms with Gasteiger partial charge < -0.3 is 20.1 Å². The Labute approximate surface area is 288 Å². The van der Waals surface area contributed by atoms with Crippen molar-refractivity contribution in [3.8, 4) is 5.75 Å². The number of morpholine rings is 1. The van der Waals surface area contributed by atoms with Crippen LogP contribution in [-0.4, -0.2) is 64.6 Å². The lowest BCUT2D eigenvalue weighted by atomic mass is 10.1. The molecule has 260 valence electrons. The van der Waals surface area contributed by atoms with Gasteiger partial charge in [-0.15, -0.1) is 0 Å². The number of benzene rings is 3. The third kappa shape index (κ3) is 7.82. The topological polar surface area (TPSA) is 118 Å². The lowest BCUT2D eigenvalue weighted by molar-refractivity contribution is 0.0982. The quantitative estimate of drug-likeness (QED) is 0.168. The average molecular weight is 683 g/mol. The van der Waals surface area contributed by atoms with Crippen LogP contribution in [0.4, 0.5) is 14.5 Å². The number of halogens is 2. The van der Waals surface area contributed by atoms with Crippen LogP contribution in [0.15, 0.2) is 71.7 Å². The zero-order chi connectivity index (χ0) is 35.2. The maximum Gasteiger partial charge on any atom is 0.278 e. The van der Waals surface area contributed by atoms with E-state index < -0.39 is 17.2 Å². The molecule has 1 saturated heterocycles. The number of hydrogen-bond acceptors (Lipinski definition) is 8. The van der Waals surface area contributed by atoms with E-state index in [1.54, 1.807) is 24.9 Å². The van der Waals surface area contributed by atoms with Crippen LogP contribution in [0.5, 0.6) is 5.75 Å². The first-order valence-electron chi connectivity index (χ1n) is 16.7. The van der Waals surface area contributed by atoms with Crippen LogP contribution in [0.2, 0.25) is 0 Å². The predicted octanol–water partition coefficient (Wildman–Crippen LogP) is 5.21. The Morgan fingerprint density at radius 2 is 1.80 bits per heavy atom. The largest absolute Gasteiger partial charge is 0.490 e. The van der Waals surface area contributed by atoms with Gasteiger partial charge in [-0.3, -0.25) is 14.3 Å². The Balaban J connectivity index is 1.13. The van der Waals surface area contributed by atoms with Crippen LogP contribution in [0.1, 0.15) is 51.4 Å². The van der Waals surface area contributed by atoms with Crippen molar-refractivity contribution < 1.29 is 23.0 Å². The molecule has 0 radical (unpaired) electrons. The van der Waals surface area contributed by atoms with Gasteiger partial charge in [0.1, 0.15) is 29.3 Å². The minimum atomic E-state index is -0.993. The van der Waals surface area contributed by atoms with Crippen molar-refractivity contribution in [2.75, 3.05) is 44.4 Å². The Morgan fingerprint density at radius 1 is 1.04 bits per heavy atom. The van der Waals surface area contributed by atoms with E-state index in [2.05, 4.69) is 34.1 Å². The summed E-state index contributed by atoms with van der Waals surface area (Å²) >= 11 is 0. The van der Waals surface area contributed by atoms with Crippen LogP contribution >= 0.6 is 0 Å². The number of Topliss-reactive ketones (excluding diaryl/α,β-unsaturated/α-hetero) is 1. The summed E-state index contributed by atoms with van der Waals surface area (Å²) in [5, 5.41) is 0.808. The fraction of sp³-hybridized carbons (Fsp3) is 0.316. The van der Waals surface area contributed by atoms with Crippen molar-refractivity contribution in [3.63, 3.8) is 0 Å². The van der Waals surface area contributed by atoms with Gasteiger partial charge in [0.25, 0.3) is 5.56 Å². The number of nitrogens with zero attached hydrogens (tertiary/aromatic N) is 5. The van der Waals surface area contributed by atoms with Gasteiger partial charge in [0.15, 0.2) is 17.4 Å². The number of carbonyl (C=O) groups is 1. The number of fused-ring (bicyclic) bond motifs is 1. The van der Waals surface area contributed by atoms with Crippen LogP contribution in [-0.2, 0) is 24.8 Å². The lowest BCUT2D eigenvalue weighted by Gasteiger charge is -2.28. The van der Waals surface area contributed by atoms with Gasteiger partial charge >= 0.3 is 0 Å². The van der Waals surface area contributed by atoms with E-state index in [0.717, 1.165) is 54.9 Å². The fourth-order valence-electron chi connectivity index (χ4n) is 6.09. The standard InChI is InChI=1S/C38H40F2N6O4/c1-25-36(38(48)46(44(25)2)24-28-9-12-31(39)32(40)20-28)33(47)6-4-3-5-27-19-29-23-42-35(43-37(29)34(21-27)50-16-13-41)22-26-7-10-30(11-8-26)45-14-17-49-18-15-45/h3,5,7-12,19-21,23H,4,6,13-18,22,24,41H2,1-2H3/b5-3+. The van der Waals surface area contributed by atoms with Gasteiger partial charge in [-0.05, 0) is 66.4 Å². The number of rotatable bonds is 13. The van der Waals surface area contributed by atoms with Gasteiger partial charge in [0, 0.05) is 62.5 Å². The molecule has 6 rings (SSSR count). The Kier molecular flexibility index (Phi) is 10.8. The van der Waals surface area contributed by atoms with Crippen molar-refractivity contribution in [1.29, 1.82) is 0 Å². The minimum Gasteiger partial charge on any atom is -0.490 e. The smallest absolute Gasteiger partial charge is 0.278 e. The van der Waals surface area contributed by atoms with Crippen LogP contribution in [0, 0.1) is 18.6 Å². The maximum atomic E-state index is 13.7. The summed E-state index contributed by atoms with van der Waals surface area (Å²) in [5.41, 5.74) is 10.1. The molecule has 3 aromatic carbocycles. The summed E-state index contributed by atoms with van der Waals surface area (Å²) in [6.45, 7) is 5.62. The minimum absolute atomic E-state index is 0.00470. The van der Waals surface area contributed by atoms with E-state index in [9.17, 15) is 18.4 Å². The molecule has 1 aliphatic rings. The number of aromatic nitrogens is 4. The van der Waals surface area contributed by atoms with E-state index in [1.807, 2.05) is 24.3 Å². The third-order valence-electron chi connectivity index (χ3n) is 8.87. The summed E-state index contributed by atoms with van der Waals surface area (Å²) < 4.78 is 41.5. The molecular formula is C38H40F2N6O4. The molecule has 2 aromatic heterocycles. The van der Waals surface area contributed by atoms with Gasteiger partial charge in [-0.1, -0.05) is 30.4 Å². The molecule has 5 aromatic rings. The number of allylic oxidation sites excluding steroid dienone is 1. The van der Waals surface area contributed by atoms with Crippen LogP contribution < -0.4 is 20.9 Å². The average Bonchev–Trinajstić information content (AvgIpc) is 3.33. The maximum absolute atomic E-state index is 13.7. The summed E-state index contributed by atoms with van der Waals surface area (Å²) in [6.07, 6.45) is 6.64. The second-order valence-corrected chi connectivity index (χ2v) is 12.3. The Hall–Kier alpha value is -5.20. The SMILES string of the molecule is Cc1c(C(=O)CC/C=C/c2cc(OCCN)c3nc(Cc4ccc(N5CCOCC5)cc4)ncc3c2)c(=O)n(Cc2ccc(F)c(F)c2)n1C. The van der Waals surface area contributed by atoms with Gasteiger partial charge in [0.2, 0.25) is 0 Å². The van der Waals surface area contributed by atoms with Crippen LogP contribution in [0.3, 0.4) is 0 Å². The number of nitrogens with two attached hydrogens (primary N) is 1. The molecule has 3 heterocycles. The molecular weight excluding hydrogens is 642 g/mol. The van der Waals surface area contributed by atoms with Gasteiger partial charge in [-0.2, -0.15) is 0 Å². The molecule has 0 aliphatic carbocycles. The first-order valence-corrected chi connectivity index (χ1v) is 16.7. The number of carbonyl (C=O) groups excluding carboxylic acids is 1. The molecule has 0 bridgehead atoms. The van der Waals surface area contributed by atoms with E-state index in [4.69, 9.17) is 20.2 Å². The second-order valence-electron chi connectivity index (χ2n) is 12.3. The van der Waals surface area contributed by atoms with Gasteiger partial charge in [0.05, 0.1) is 19.8 Å². The molecule has 50 heavy (non-hydrogen) atoms. The Morgan fingerprint density at radius 3 is 2.54 bits per heavy atom. The van der Waals surface area contributed by atoms with E-state index in [1.165, 1.54) is 16.4 Å². The summed E-state index contributed by atoms with van der Waals surface area (Å²) in [5.74, 6) is -0.977. The first kappa shape index (κ1) is 34.7. The third-order valence-corrected chi connectivity index (χ3v) is 8.87. The highest BCUT2D eigenvalue weighted by Gasteiger charge is 2.21. The predicted molar refractivity (Wildman–Crippen MR) is 189 cm³/mol. The number of ether oxygens (including phenoxy) is 2. The van der Waals surface area contributed by atoms with Crippen molar-refractivity contribution in [1.82, 2.24) is 19.3 Å². The fourth-order valence-corrected chi connectivity index (χ4v) is 6.09. The molecule has 2 N–H and O–H groups in total. The summed E-state index contributed by atoms with van der Waals surface area (Å²) in [6, 6.07) is 15.8. The molecule has 0 unspecified atom stereocenters. The second kappa shape index (κ2) is 15.6.